The molecule has 0 heterocycles. The molecule has 1 rings (SSSR count). The van der Waals surface area contributed by atoms with Crippen molar-refractivity contribution in [3.05, 3.63) is 24.0 Å². The molecule has 0 amide bonds. The van der Waals surface area contributed by atoms with Crippen molar-refractivity contribution in [1.29, 1.82) is 0 Å². The van der Waals surface area contributed by atoms with Crippen molar-refractivity contribution in [3.8, 4) is 5.75 Å². The smallest absolute Gasteiger partial charge is 0.232 e. The first kappa shape index (κ1) is 11.8. The van der Waals surface area contributed by atoms with E-state index in [1.807, 2.05) is 0 Å². The lowest BCUT2D eigenvalue weighted by atomic mass is 10.3. The average Bonchev–Trinajstić information content (AvgIpc) is 2.21. The third-order valence-electron chi connectivity index (χ3n) is 1.82. The van der Waals surface area contributed by atoms with Crippen LogP contribution < -0.4 is 9.46 Å². The lowest BCUT2D eigenvalue weighted by molar-refractivity contribution is 0.414. The van der Waals surface area contributed by atoms with Crippen molar-refractivity contribution in [1.82, 2.24) is 0 Å². The van der Waals surface area contributed by atoms with Crippen molar-refractivity contribution in [3.63, 3.8) is 0 Å². The highest BCUT2D eigenvalue weighted by Gasteiger charge is 2.11. The number of halogens is 1. The van der Waals surface area contributed by atoms with Crippen molar-refractivity contribution < 1.29 is 17.5 Å². The van der Waals surface area contributed by atoms with Crippen LogP contribution >= 0.6 is 0 Å². The fourth-order valence-corrected chi connectivity index (χ4v) is 1.59. The SMILES string of the molecule is CCS(=O)(=O)Nc1cc(OC)ccc1F. The second kappa shape index (κ2) is 4.48. The molecule has 0 radical (unpaired) electrons. The Morgan fingerprint density at radius 3 is 2.67 bits per heavy atom. The average molecular weight is 233 g/mol. The van der Waals surface area contributed by atoms with Crippen LogP contribution in [0.2, 0.25) is 0 Å². The molecule has 0 aliphatic carbocycles. The molecule has 0 unspecified atom stereocenters. The minimum Gasteiger partial charge on any atom is -0.497 e. The van der Waals surface area contributed by atoms with E-state index in [1.165, 1.54) is 26.2 Å². The maximum Gasteiger partial charge on any atom is 0.232 e. The molecule has 0 aliphatic rings. The second-order valence-electron chi connectivity index (χ2n) is 2.85. The number of rotatable bonds is 4. The summed E-state index contributed by atoms with van der Waals surface area (Å²) in [6.45, 7) is 1.47. The first-order chi connectivity index (χ1) is 6.98. The lowest BCUT2D eigenvalue weighted by Crippen LogP contribution is -2.15. The van der Waals surface area contributed by atoms with Crippen LogP contribution in [-0.2, 0) is 10.0 Å². The highest BCUT2D eigenvalue weighted by atomic mass is 32.2. The quantitative estimate of drug-likeness (QED) is 0.859. The van der Waals surface area contributed by atoms with Gasteiger partial charge in [-0.3, -0.25) is 4.72 Å². The Morgan fingerprint density at radius 1 is 1.47 bits per heavy atom. The number of sulfonamides is 1. The molecule has 6 heteroatoms. The van der Waals surface area contributed by atoms with E-state index in [2.05, 4.69) is 4.72 Å². The zero-order valence-electron chi connectivity index (χ0n) is 8.45. The van der Waals surface area contributed by atoms with E-state index >= 15 is 0 Å². The van der Waals surface area contributed by atoms with E-state index in [1.54, 1.807) is 0 Å². The monoisotopic (exact) mass is 233 g/mol. The molecular weight excluding hydrogens is 221 g/mol. The second-order valence-corrected chi connectivity index (χ2v) is 4.86. The number of anilines is 1. The Labute approximate surface area is 88.1 Å². The van der Waals surface area contributed by atoms with Gasteiger partial charge in [-0.1, -0.05) is 0 Å². The Morgan fingerprint density at radius 2 is 2.13 bits per heavy atom. The molecule has 0 spiro atoms. The van der Waals surface area contributed by atoms with Gasteiger partial charge in [0.2, 0.25) is 10.0 Å². The zero-order chi connectivity index (χ0) is 11.5. The third kappa shape index (κ3) is 3.09. The molecule has 84 valence electrons. The van der Waals surface area contributed by atoms with Crippen molar-refractivity contribution in [2.75, 3.05) is 17.6 Å². The Bertz CT molecular complexity index is 445. The molecule has 0 bridgehead atoms. The number of ether oxygens (including phenoxy) is 1. The van der Waals surface area contributed by atoms with Gasteiger partial charge < -0.3 is 4.74 Å². The summed E-state index contributed by atoms with van der Waals surface area (Å²) < 4.78 is 42.6. The van der Waals surface area contributed by atoms with Crippen LogP contribution in [0, 0.1) is 5.82 Å². The van der Waals surface area contributed by atoms with Gasteiger partial charge in [0.05, 0.1) is 18.6 Å². The molecule has 1 N–H and O–H groups in total. The summed E-state index contributed by atoms with van der Waals surface area (Å²) >= 11 is 0. The summed E-state index contributed by atoms with van der Waals surface area (Å²) in [7, 11) is -2.04. The molecule has 0 saturated heterocycles. The molecule has 0 saturated carbocycles. The number of hydrogen-bond acceptors (Lipinski definition) is 3. The van der Waals surface area contributed by atoms with Gasteiger partial charge in [-0.15, -0.1) is 0 Å². The van der Waals surface area contributed by atoms with Crippen molar-refractivity contribution in [2.24, 2.45) is 0 Å². The van der Waals surface area contributed by atoms with Crippen LogP contribution in [0.15, 0.2) is 18.2 Å². The van der Waals surface area contributed by atoms with Crippen LogP contribution in [-0.4, -0.2) is 21.3 Å². The Balaban J connectivity index is 3.04. The minimum atomic E-state index is -3.47. The van der Waals surface area contributed by atoms with Gasteiger partial charge in [-0.2, -0.15) is 0 Å². The van der Waals surface area contributed by atoms with E-state index in [0.717, 1.165) is 6.07 Å². The molecule has 1 aromatic carbocycles. The number of hydrogen-bond donors (Lipinski definition) is 1. The molecule has 4 nitrogen and oxygen atoms in total. The molecule has 0 atom stereocenters. The predicted octanol–water partition coefficient (Wildman–Crippen LogP) is 1.60. The first-order valence-corrected chi connectivity index (χ1v) is 5.97. The third-order valence-corrected chi connectivity index (χ3v) is 3.11. The summed E-state index contributed by atoms with van der Waals surface area (Å²) in [6.07, 6.45) is 0. The topological polar surface area (TPSA) is 55.4 Å². The molecule has 1 aromatic rings. The number of benzene rings is 1. The highest BCUT2D eigenvalue weighted by Crippen LogP contribution is 2.21. The maximum atomic E-state index is 13.2. The van der Waals surface area contributed by atoms with E-state index in [-0.39, 0.29) is 11.4 Å². The van der Waals surface area contributed by atoms with Gasteiger partial charge in [0, 0.05) is 6.07 Å². The maximum absolute atomic E-state index is 13.2. The molecular formula is C9H12FNO3S. The predicted molar refractivity (Wildman–Crippen MR) is 56.0 cm³/mol. The largest absolute Gasteiger partial charge is 0.497 e. The van der Waals surface area contributed by atoms with Crippen molar-refractivity contribution >= 4 is 15.7 Å². The van der Waals surface area contributed by atoms with E-state index < -0.39 is 15.8 Å². The summed E-state index contributed by atoms with van der Waals surface area (Å²) in [5.74, 6) is -0.345. The van der Waals surface area contributed by atoms with Crippen LogP contribution in [0.25, 0.3) is 0 Å². The van der Waals surface area contributed by atoms with Gasteiger partial charge in [-0.05, 0) is 19.1 Å². The van der Waals surface area contributed by atoms with Crippen LogP contribution in [0.5, 0.6) is 5.75 Å². The van der Waals surface area contributed by atoms with Gasteiger partial charge in [-0.25, -0.2) is 12.8 Å². The Hall–Kier alpha value is -1.30. The van der Waals surface area contributed by atoms with Gasteiger partial charge >= 0.3 is 0 Å². The first-order valence-electron chi connectivity index (χ1n) is 4.32. The molecule has 0 aromatic heterocycles. The Kier molecular flexibility index (Phi) is 3.52. The number of methoxy groups -OCH3 is 1. The summed E-state index contributed by atoms with van der Waals surface area (Å²) in [5.41, 5.74) is -0.101. The molecule has 15 heavy (non-hydrogen) atoms. The molecule has 0 fully saturated rings. The molecule has 0 aliphatic heterocycles. The minimum absolute atomic E-state index is 0.101. The summed E-state index contributed by atoms with van der Waals surface area (Å²) in [4.78, 5) is 0. The fraction of sp³-hybridized carbons (Fsp3) is 0.333. The fourth-order valence-electron chi connectivity index (χ4n) is 0.949. The standard InChI is InChI=1S/C9H12FNO3S/c1-3-15(12,13)11-9-6-7(14-2)4-5-8(9)10/h4-6,11H,3H2,1-2H3. The van der Waals surface area contributed by atoms with E-state index in [4.69, 9.17) is 4.74 Å². The van der Waals surface area contributed by atoms with Crippen LogP contribution in [0.4, 0.5) is 10.1 Å². The highest BCUT2D eigenvalue weighted by molar-refractivity contribution is 7.92. The summed E-state index contributed by atoms with van der Waals surface area (Å²) in [6, 6.07) is 3.86. The van der Waals surface area contributed by atoms with Crippen LogP contribution in [0.1, 0.15) is 6.92 Å². The van der Waals surface area contributed by atoms with Crippen LogP contribution in [0.3, 0.4) is 0 Å². The van der Waals surface area contributed by atoms with Crippen molar-refractivity contribution in [2.45, 2.75) is 6.92 Å². The number of nitrogens with one attached hydrogen (secondary N) is 1. The van der Waals surface area contributed by atoms with Gasteiger partial charge in [0.15, 0.2) is 0 Å². The summed E-state index contributed by atoms with van der Waals surface area (Å²) in [5, 5.41) is 0. The zero-order valence-corrected chi connectivity index (χ0v) is 9.27. The normalized spacial score (nSPS) is 11.1. The van der Waals surface area contributed by atoms with E-state index in [0.29, 0.717) is 5.75 Å². The van der Waals surface area contributed by atoms with Gasteiger partial charge in [0.1, 0.15) is 11.6 Å². The van der Waals surface area contributed by atoms with E-state index in [9.17, 15) is 12.8 Å². The lowest BCUT2D eigenvalue weighted by Gasteiger charge is -2.08. The van der Waals surface area contributed by atoms with Gasteiger partial charge in [0.25, 0.3) is 0 Å².